The lowest BCUT2D eigenvalue weighted by Gasteiger charge is -2.26. The first-order valence-corrected chi connectivity index (χ1v) is 10.2. The molecule has 26 heavy (non-hydrogen) atoms. The molecule has 3 heterocycles. The van der Waals surface area contributed by atoms with Gasteiger partial charge in [0.1, 0.15) is 0 Å². The summed E-state index contributed by atoms with van der Waals surface area (Å²) in [4.78, 5) is 21.5. The van der Waals surface area contributed by atoms with Crippen molar-refractivity contribution in [2.75, 3.05) is 26.2 Å². The second kappa shape index (κ2) is 7.84. The lowest BCUT2D eigenvalue weighted by molar-refractivity contribution is -0.129. The van der Waals surface area contributed by atoms with Gasteiger partial charge in [0.2, 0.25) is 5.91 Å². The minimum Gasteiger partial charge on any atom is -0.392 e. The number of rotatable bonds is 5. The van der Waals surface area contributed by atoms with Crippen LogP contribution in [0.5, 0.6) is 0 Å². The SMILES string of the molecule is O=C(CC1=CSC2=NCCCN12)N1CCC(Cc2ccc(CO)cc2)C1. The number of hydrogen-bond donors (Lipinski definition) is 1. The molecular formula is C20H25N3O2S. The molecule has 1 atom stereocenters. The van der Waals surface area contributed by atoms with E-state index in [0.29, 0.717) is 12.3 Å². The average molecular weight is 372 g/mol. The van der Waals surface area contributed by atoms with Crippen LogP contribution in [0.3, 0.4) is 0 Å². The summed E-state index contributed by atoms with van der Waals surface area (Å²) < 4.78 is 0. The molecule has 0 bridgehead atoms. The van der Waals surface area contributed by atoms with Gasteiger partial charge in [0.05, 0.1) is 13.0 Å². The summed E-state index contributed by atoms with van der Waals surface area (Å²) in [5, 5.41) is 12.3. The molecule has 1 aromatic rings. The first-order chi connectivity index (χ1) is 12.7. The van der Waals surface area contributed by atoms with Gasteiger partial charge < -0.3 is 14.9 Å². The Morgan fingerprint density at radius 2 is 2.04 bits per heavy atom. The number of benzene rings is 1. The third kappa shape index (κ3) is 3.81. The molecule has 1 amide bonds. The van der Waals surface area contributed by atoms with Crippen LogP contribution in [0.2, 0.25) is 0 Å². The number of nitrogens with zero attached hydrogens (tertiary/aromatic N) is 3. The van der Waals surface area contributed by atoms with Crippen molar-refractivity contribution in [3.63, 3.8) is 0 Å². The number of fused-ring (bicyclic) bond motifs is 1. The van der Waals surface area contributed by atoms with Gasteiger partial charge in [0, 0.05) is 31.9 Å². The van der Waals surface area contributed by atoms with Crippen LogP contribution in [0, 0.1) is 5.92 Å². The van der Waals surface area contributed by atoms with Crippen molar-refractivity contribution in [3.05, 3.63) is 46.5 Å². The second-order valence-electron chi connectivity index (χ2n) is 7.25. The van der Waals surface area contributed by atoms with Crippen LogP contribution >= 0.6 is 11.8 Å². The lowest BCUT2D eigenvalue weighted by atomic mass is 9.98. The van der Waals surface area contributed by atoms with E-state index in [2.05, 4.69) is 27.4 Å². The maximum atomic E-state index is 12.7. The van der Waals surface area contributed by atoms with E-state index in [0.717, 1.165) is 61.9 Å². The average Bonchev–Trinajstić information content (AvgIpc) is 3.30. The molecule has 4 rings (SSSR count). The molecule has 1 unspecified atom stereocenters. The van der Waals surface area contributed by atoms with E-state index in [1.165, 1.54) is 5.56 Å². The van der Waals surface area contributed by atoms with Gasteiger partial charge >= 0.3 is 0 Å². The fourth-order valence-electron chi connectivity index (χ4n) is 3.88. The van der Waals surface area contributed by atoms with Crippen molar-refractivity contribution in [3.8, 4) is 0 Å². The van der Waals surface area contributed by atoms with Crippen LogP contribution in [0.1, 0.15) is 30.4 Å². The number of aliphatic hydroxyl groups excluding tert-OH is 1. The number of carbonyl (C=O) groups is 1. The molecule has 5 nitrogen and oxygen atoms in total. The Bertz CT molecular complexity index is 729. The lowest BCUT2D eigenvalue weighted by Crippen LogP contribution is -2.34. The fourth-order valence-corrected chi connectivity index (χ4v) is 4.83. The molecule has 3 aliphatic heterocycles. The zero-order valence-corrected chi connectivity index (χ0v) is 15.7. The highest BCUT2D eigenvalue weighted by Gasteiger charge is 2.30. The first kappa shape index (κ1) is 17.6. The van der Waals surface area contributed by atoms with Gasteiger partial charge in [0.15, 0.2) is 5.17 Å². The topological polar surface area (TPSA) is 56.1 Å². The van der Waals surface area contributed by atoms with E-state index < -0.39 is 0 Å². The Morgan fingerprint density at radius 3 is 2.85 bits per heavy atom. The molecule has 1 N–H and O–H groups in total. The minimum atomic E-state index is 0.0869. The Hall–Kier alpha value is -1.79. The second-order valence-corrected chi connectivity index (χ2v) is 8.08. The predicted molar refractivity (Wildman–Crippen MR) is 105 cm³/mol. The van der Waals surface area contributed by atoms with Crippen molar-refractivity contribution >= 4 is 22.8 Å². The Kier molecular flexibility index (Phi) is 5.31. The summed E-state index contributed by atoms with van der Waals surface area (Å²) in [6, 6.07) is 8.14. The van der Waals surface area contributed by atoms with E-state index in [4.69, 9.17) is 5.11 Å². The number of aliphatic hydroxyl groups is 1. The van der Waals surface area contributed by atoms with E-state index in [9.17, 15) is 4.79 Å². The molecule has 0 saturated carbocycles. The number of likely N-dealkylation sites (tertiary alicyclic amines) is 1. The molecule has 1 fully saturated rings. The van der Waals surface area contributed by atoms with Gasteiger partial charge in [-0.2, -0.15) is 0 Å². The van der Waals surface area contributed by atoms with E-state index in [1.807, 2.05) is 17.0 Å². The van der Waals surface area contributed by atoms with Gasteiger partial charge in [-0.05, 0) is 41.7 Å². The van der Waals surface area contributed by atoms with Gasteiger partial charge in [-0.25, -0.2) is 0 Å². The standard InChI is InChI=1S/C20H25N3O2S/c24-13-16-4-2-15(3-5-16)10-17-6-9-22(12-17)19(25)11-18-14-26-20-21-7-1-8-23(18)20/h2-5,14,17,24H,1,6-13H2. The molecule has 6 heteroatoms. The molecule has 3 aliphatic rings. The molecule has 1 saturated heterocycles. The molecule has 1 aromatic carbocycles. The molecule has 0 aliphatic carbocycles. The zero-order valence-electron chi connectivity index (χ0n) is 14.9. The Labute approximate surface area is 158 Å². The van der Waals surface area contributed by atoms with Gasteiger partial charge in [-0.15, -0.1) is 0 Å². The third-order valence-corrected chi connectivity index (χ3v) is 6.32. The van der Waals surface area contributed by atoms with Gasteiger partial charge in [-0.1, -0.05) is 36.0 Å². The minimum absolute atomic E-state index is 0.0869. The highest BCUT2D eigenvalue weighted by molar-refractivity contribution is 8.16. The molecule has 0 aromatic heterocycles. The van der Waals surface area contributed by atoms with Crippen molar-refractivity contribution in [2.45, 2.75) is 32.3 Å². The van der Waals surface area contributed by atoms with E-state index >= 15 is 0 Å². The molecule has 0 spiro atoms. The third-order valence-electron chi connectivity index (χ3n) is 5.37. The monoisotopic (exact) mass is 371 g/mol. The predicted octanol–water partition coefficient (Wildman–Crippen LogP) is 2.61. The zero-order chi connectivity index (χ0) is 17.9. The quantitative estimate of drug-likeness (QED) is 0.864. The summed E-state index contributed by atoms with van der Waals surface area (Å²) in [6.45, 7) is 3.68. The molecule has 138 valence electrons. The summed E-state index contributed by atoms with van der Waals surface area (Å²) in [7, 11) is 0. The van der Waals surface area contributed by atoms with Crippen LogP contribution < -0.4 is 0 Å². The van der Waals surface area contributed by atoms with Crippen molar-refractivity contribution in [2.24, 2.45) is 10.9 Å². The molecule has 0 radical (unpaired) electrons. The summed E-state index contributed by atoms with van der Waals surface area (Å²) in [5.74, 6) is 0.764. The van der Waals surface area contributed by atoms with E-state index in [1.54, 1.807) is 11.8 Å². The fraction of sp³-hybridized carbons (Fsp3) is 0.500. The smallest absolute Gasteiger partial charge is 0.228 e. The van der Waals surface area contributed by atoms with Gasteiger partial charge in [-0.3, -0.25) is 9.79 Å². The number of hydrogen-bond acceptors (Lipinski definition) is 5. The van der Waals surface area contributed by atoms with Crippen LogP contribution in [-0.2, 0) is 17.8 Å². The van der Waals surface area contributed by atoms with Crippen LogP contribution in [0.4, 0.5) is 0 Å². The van der Waals surface area contributed by atoms with Crippen molar-refractivity contribution < 1.29 is 9.90 Å². The number of carbonyl (C=O) groups excluding carboxylic acids is 1. The number of amides is 1. The summed E-state index contributed by atoms with van der Waals surface area (Å²) in [5.41, 5.74) is 3.34. The summed E-state index contributed by atoms with van der Waals surface area (Å²) in [6.07, 6.45) is 3.62. The van der Waals surface area contributed by atoms with Crippen molar-refractivity contribution in [1.29, 1.82) is 0 Å². The normalized spacial score (nSPS) is 22.3. The van der Waals surface area contributed by atoms with Gasteiger partial charge in [0.25, 0.3) is 0 Å². The Morgan fingerprint density at radius 1 is 1.23 bits per heavy atom. The van der Waals surface area contributed by atoms with Crippen LogP contribution in [0.15, 0.2) is 40.4 Å². The van der Waals surface area contributed by atoms with Crippen LogP contribution in [0.25, 0.3) is 0 Å². The maximum absolute atomic E-state index is 12.7. The first-order valence-electron chi connectivity index (χ1n) is 9.37. The number of aliphatic imine (C=N–C) groups is 1. The molecular weight excluding hydrogens is 346 g/mol. The Balaban J connectivity index is 1.30. The van der Waals surface area contributed by atoms with Crippen molar-refractivity contribution in [1.82, 2.24) is 9.80 Å². The largest absolute Gasteiger partial charge is 0.392 e. The van der Waals surface area contributed by atoms with E-state index in [-0.39, 0.29) is 12.5 Å². The van der Waals surface area contributed by atoms with Crippen LogP contribution in [-0.4, -0.2) is 52.2 Å². The number of thioether (sulfide) groups is 1. The number of amidine groups is 1. The highest BCUT2D eigenvalue weighted by atomic mass is 32.2. The highest BCUT2D eigenvalue weighted by Crippen LogP contribution is 2.31. The summed E-state index contributed by atoms with van der Waals surface area (Å²) >= 11 is 1.65. The maximum Gasteiger partial charge on any atom is 0.228 e.